The molecule has 1 heterocycles. The highest BCUT2D eigenvalue weighted by Gasteiger charge is 2.53. The number of nitrogens with zero attached hydrogens (tertiary/aromatic N) is 1. The average Bonchev–Trinajstić information content (AvgIpc) is 3.56. The summed E-state index contributed by atoms with van der Waals surface area (Å²) in [6.07, 6.45) is -1.81. The predicted octanol–water partition coefficient (Wildman–Crippen LogP) is 4.56. The number of hydrogen-bond acceptors (Lipinski definition) is 6. The second kappa shape index (κ2) is 9.58. The minimum absolute atomic E-state index is 0.0620. The molecule has 202 valence electrons. The molecule has 2 aromatic carbocycles. The van der Waals surface area contributed by atoms with E-state index in [0.29, 0.717) is 29.4 Å². The van der Waals surface area contributed by atoms with Crippen molar-refractivity contribution in [2.45, 2.75) is 62.5 Å². The zero-order chi connectivity index (χ0) is 28.0. The molecule has 2 saturated carbocycles. The highest BCUT2D eigenvalue weighted by atomic mass is 19.3. The zero-order valence-corrected chi connectivity index (χ0v) is 21.0. The highest BCUT2D eigenvalue weighted by molar-refractivity contribution is 6.01. The van der Waals surface area contributed by atoms with Crippen molar-refractivity contribution in [2.75, 3.05) is 0 Å². The molecule has 2 fully saturated rings. The van der Waals surface area contributed by atoms with E-state index < -0.39 is 53.4 Å². The third-order valence-electron chi connectivity index (χ3n) is 7.88. The summed E-state index contributed by atoms with van der Waals surface area (Å²) in [4.78, 5) is 37.8. The summed E-state index contributed by atoms with van der Waals surface area (Å²) in [5.41, 5.74) is 5.16. The zero-order valence-electron chi connectivity index (χ0n) is 21.0. The minimum atomic E-state index is -2.91. The molecule has 0 bridgehead atoms. The maximum Gasteiger partial charge on any atom is 0.287 e. The van der Waals surface area contributed by atoms with Gasteiger partial charge in [0.15, 0.2) is 17.6 Å². The van der Waals surface area contributed by atoms with Gasteiger partial charge in [-0.2, -0.15) is 5.26 Å². The molecule has 0 radical (unpaired) electrons. The van der Waals surface area contributed by atoms with E-state index in [1.165, 1.54) is 6.07 Å². The molecule has 39 heavy (non-hydrogen) atoms. The molecule has 2 aliphatic rings. The molecule has 3 aromatic rings. The molecule has 1 atom stereocenters. The molecule has 0 saturated heterocycles. The Balaban J connectivity index is 1.37. The summed E-state index contributed by atoms with van der Waals surface area (Å²) in [5, 5.41) is 22.6. The van der Waals surface area contributed by atoms with Crippen molar-refractivity contribution in [3.63, 3.8) is 0 Å². The third kappa shape index (κ3) is 5.27. The van der Waals surface area contributed by atoms with Crippen LogP contribution in [0.25, 0.3) is 22.1 Å². The van der Waals surface area contributed by atoms with Gasteiger partial charge in [0.05, 0.1) is 17.0 Å². The normalized spacial score (nSPS) is 19.5. The van der Waals surface area contributed by atoms with Crippen LogP contribution in [0.15, 0.2) is 52.9 Å². The lowest BCUT2D eigenvalue weighted by Gasteiger charge is -2.39. The van der Waals surface area contributed by atoms with E-state index in [-0.39, 0.29) is 25.0 Å². The number of nitrogens with one attached hydrogen (secondary N) is 1. The van der Waals surface area contributed by atoms with E-state index in [4.69, 9.17) is 10.2 Å². The van der Waals surface area contributed by atoms with Crippen molar-refractivity contribution in [3.05, 3.63) is 59.9 Å². The molecule has 2 aliphatic carbocycles. The number of nitrogens with two attached hydrogens (primary N) is 1. The number of carbonyl (C=O) groups is 3. The SMILES string of the molecule is N#CC1(CC(=O)C2(NC(=O)c3cc4ccc(-c5ccc(C(O)C(N)=O)cc5)cc4o3)CCC(F)(F)CC2)CC1. The summed E-state index contributed by atoms with van der Waals surface area (Å²) in [5.74, 6) is -4.90. The van der Waals surface area contributed by atoms with E-state index >= 15 is 0 Å². The number of hydrogen-bond donors (Lipinski definition) is 3. The first-order valence-electron chi connectivity index (χ1n) is 12.7. The first-order valence-corrected chi connectivity index (χ1v) is 12.7. The van der Waals surface area contributed by atoms with Crippen LogP contribution < -0.4 is 11.1 Å². The van der Waals surface area contributed by atoms with Crippen molar-refractivity contribution in [1.29, 1.82) is 5.26 Å². The average molecular weight is 536 g/mol. The van der Waals surface area contributed by atoms with Gasteiger partial charge in [-0.05, 0) is 54.5 Å². The highest BCUT2D eigenvalue weighted by Crippen LogP contribution is 2.50. The van der Waals surface area contributed by atoms with E-state index in [0.717, 1.165) is 11.1 Å². The van der Waals surface area contributed by atoms with Crippen LogP contribution in [0.1, 0.15) is 67.2 Å². The van der Waals surface area contributed by atoms with Gasteiger partial charge in [0.1, 0.15) is 5.58 Å². The molecule has 0 spiro atoms. The number of primary amides is 1. The fourth-order valence-corrected chi connectivity index (χ4v) is 5.10. The van der Waals surface area contributed by atoms with E-state index in [2.05, 4.69) is 11.4 Å². The lowest BCUT2D eigenvalue weighted by molar-refractivity contribution is -0.131. The fourth-order valence-electron chi connectivity index (χ4n) is 5.10. The van der Waals surface area contributed by atoms with Gasteiger partial charge in [-0.1, -0.05) is 36.4 Å². The van der Waals surface area contributed by atoms with Crippen LogP contribution >= 0.6 is 0 Å². The molecular formula is C29H27F2N3O5. The Morgan fingerprint density at radius 3 is 2.23 bits per heavy atom. The van der Waals surface area contributed by atoms with Gasteiger partial charge in [0, 0.05) is 24.6 Å². The molecular weight excluding hydrogens is 508 g/mol. The fraction of sp³-hybridized carbons (Fsp3) is 0.379. The van der Waals surface area contributed by atoms with Crippen LogP contribution in [0, 0.1) is 16.7 Å². The standard InChI is InChI=1S/C29H27F2N3O5/c30-29(31)11-9-28(10-12-29,23(35)15-27(16-32)7-8-27)34-26(38)22-14-20-6-5-19(13-21(20)39-22)17-1-3-18(4-2-17)24(36)25(33)37/h1-6,13-14,24,36H,7-12,15H2,(H2,33,37)(H,34,38). The molecule has 5 rings (SSSR count). The van der Waals surface area contributed by atoms with Crippen molar-refractivity contribution < 1.29 is 32.7 Å². The smallest absolute Gasteiger partial charge is 0.287 e. The van der Waals surface area contributed by atoms with E-state index in [9.17, 15) is 33.5 Å². The molecule has 1 aromatic heterocycles. The number of alkyl halides is 2. The Morgan fingerprint density at radius 2 is 1.64 bits per heavy atom. The lowest BCUT2D eigenvalue weighted by Crippen LogP contribution is -2.58. The van der Waals surface area contributed by atoms with Gasteiger partial charge in [-0.3, -0.25) is 14.4 Å². The summed E-state index contributed by atoms with van der Waals surface area (Å²) in [6, 6.07) is 15.5. The second-order valence-corrected chi connectivity index (χ2v) is 10.7. The van der Waals surface area contributed by atoms with E-state index in [1.807, 2.05) is 6.07 Å². The monoisotopic (exact) mass is 535 g/mol. The first kappa shape index (κ1) is 26.5. The van der Waals surface area contributed by atoms with Gasteiger partial charge in [0.25, 0.3) is 11.8 Å². The number of benzene rings is 2. The molecule has 4 N–H and O–H groups in total. The van der Waals surface area contributed by atoms with Crippen LogP contribution in [0.3, 0.4) is 0 Å². The van der Waals surface area contributed by atoms with E-state index in [1.54, 1.807) is 36.4 Å². The number of amides is 2. The number of carbonyl (C=O) groups excluding carboxylic acids is 3. The number of nitriles is 1. The largest absolute Gasteiger partial charge is 0.451 e. The van der Waals surface area contributed by atoms with Gasteiger partial charge in [-0.25, -0.2) is 8.78 Å². The number of aliphatic hydroxyl groups is 1. The Labute approximate surface area is 222 Å². The number of ketones is 1. The Kier molecular flexibility index (Phi) is 6.51. The van der Waals surface area contributed by atoms with Gasteiger partial charge in [-0.15, -0.1) is 0 Å². The minimum Gasteiger partial charge on any atom is -0.451 e. The Hall–Kier alpha value is -4.10. The number of rotatable bonds is 8. The number of Topliss-reactive ketones (excluding diaryl/α,β-unsaturated/α-hetero) is 1. The molecule has 0 aliphatic heterocycles. The Bertz CT molecular complexity index is 1490. The Morgan fingerprint density at radius 1 is 1.00 bits per heavy atom. The lowest BCUT2D eigenvalue weighted by atomic mass is 9.74. The third-order valence-corrected chi connectivity index (χ3v) is 7.88. The topological polar surface area (TPSA) is 146 Å². The van der Waals surface area contributed by atoms with Crippen molar-refractivity contribution >= 4 is 28.6 Å². The molecule has 1 unspecified atom stereocenters. The predicted molar refractivity (Wildman–Crippen MR) is 136 cm³/mol. The maximum atomic E-state index is 14.0. The van der Waals surface area contributed by atoms with Crippen LogP contribution in [0.5, 0.6) is 0 Å². The summed E-state index contributed by atoms with van der Waals surface area (Å²) in [7, 11) is 0. The van der Waals surface area contributed by atoms with Crippen molar-refractivity contribution in [1.82, 2.24) is 5.32 Å². The molecule has 10 heteroatoms. The van der Waals surface area contributed by atoms with Crippen LogP contribution in [0.2, 0.25) is 0 Å². The first-order chi connectivity index (χ1) is 18.4. The van der Waals surface area contributed by atoms with Crippen LogP contribution in [0.4, 0.5) is 8.78 Å². The van der Waals surface area contributed by atoms with Gasteiger partial charge >= 0.3 is 0 Å². The summed E-state index contributed by atoms with van der Waals surface area (Å²) in [6.45, 7) is 0. The second-order valence-electron chi connectivity index (χ2n) is 10.7. The van der Waals surface area contributed by atoms with Gasteiger partial charge in [0.2, 0.25) is 5.92 Å². The quantitative estimate of drug-likeness (QED) is 0.385. The maximum absolute atomic E-state index is 14.0. The van der Waals surface area contributed by atoms with Crippen LogP contribution in [-0.4, -0.2) is 34.2 Å². The molecule has 2 amide bonds. The number of halogens is 2. The summed E-state index contributed by atoms with van der Waals surface area (Å²) < 4.78 is 33.8. The van der Waals surface area contributed by atoms with Crippen LogP contribution in [-0.2, 0) is 9.59 Å². The number of fused-ring (bicyclic) bond motifs is 1. The number of aliphatic hydroxyl groups excluding tert-OH is 1. The summed E-state index contributed by atoms with van der Waals surface area (Å²) >= 11 is 0. The van der Waals surface area contributed by atoms with Gasteiger partial charge < -0.3 is 20.6 Å². The van der Waals surface area contributed by atoms with Crippen molar-refractivity contribution in [2.24, 2.45) is 11.1 Å². The number of furan rings is 1. The van der Waals surface area contributed by atoms with Crippen molar-refractivity contribution in [3.8, 4) is 17.2 Å². The molecule has 8 nitrogen and oxygen atoms in total.